The number of hydrogen-bond acceptors (Lipinski definition) is 4. The molecule has 2 aliphatic rings. The number of nitrogens with zero attached hydrogens (tertiary/aromatic N) is 4. The van der Waals surface area contributed by atoms with Crippen molar-refractivity contribution < 1.29 is 4.79 Å². The normalized spacial score (nSPS) is 22.0. The molecule has 1 fully saturated rings. The lowest BCUT2D eigenvalue weighted by atomic mass is 9.97. The van der Waals surface area contributed by atoms with Crippen molar-refractivity contribution in [2.75, 3.05) is 28.2 Å². The van der Waals surface area contributed by atoms with Crippen molar-refractivity contribution in [3.05, 3.63) is 41.8 Å². The minimum Gasteiger partial charge on any atom is -0.366 e. The molecule has 2 aromatic heterocycles. The van der Waals surface area contributed by atoms with Gasteiger partial charge >= 0.3 is 6.03 Å². The van der Waals surface area contributed by atoms with Gasteiger partial charge in [0, 0.05) is 19.3 Å². The van der Waals surface area contributed by atoms with Crippen LogP contribution in [0.2, 0.25) is 5.15 Å². The quantitative estimate of drug-likeness (QED) is 0.816. The van der Waals surface area contributed by atoms with Crippen LogP contribution in [0.15, 0.2) is 36.7 Å². The number of aromatic nitrogens is 2. The summed E-state index contributed by atoms with van der Waals surface area (Å²) in [5.74, 6) is 0.616. The van der Waals surface area contributed by atoms with Crippen molar-refractivity contribution >= 4 is 34.8 Å². The Balaban J connectivity index is 1.75. The molecule has 1 saturated heterocycles. The molecule has 4 heterocycles. The van der Waals surface area contributed by atoms with Crippen LogP contribution in [-0.2, 0) is 0 Å². The molecular formula is C16H16ClN5O. The first-order chi connectivity index (χ1) is 11.1. The molecule has 118 valence electrons. The Morgan fingerprint density at radius 2 is 2.26 bits per heavy atom. The minimum absolute atomic E-state index is 0.210. The molecule has 2 aromatic rings. The van der Waals surface area contributed by atoms with E-state index in [-0.39, 0.29) is 11.6 Å². The van der Waals surface area contributed by atoms with Crippen LogP contribution in [0.3, 0.4) is 0 Å². The second-order valence-corrected chi connectivity index (χ2v) is 6.54. The van der Waals surface area contributed by atoms with Gasteiger partial charge in [-0.15, -0.1) is 0 Å². The third-order valence-corrected chi connectivity index (χ3v) is 4.69. The highest BCUT2D eigenvalue weighted by molar-refractivity contribution is 6.29. The summed E-state index contributed by atoms with van der Waals surface area (Å²) in [4.78, 5) is 25.4. The largest absolute Gasteiger partial charge is 0.366 e. The first-order valence-corrected chi connectivity index (χ1v) is 7.87. The molecule has 2 aliphatic heterocycles. The zero-order chi connectivity index (χ0) is 16.0. The summed E-state index contributed by atoms with van der Waals surface area (Å²) >= 11 is 6.07. The van der Waals surface area contributed by atoms with Crippen LogP contribution in [0.1, 0.15) is 13.3 Å². The summed E-state index contributed by atoms with van der Waals surface area (Å²) in [6.07, 6.45) is 4.18. The Labute approximate surface area is 139 Å². The van der Waals surface area contributed by atoms with Crippen LogP contribution < -0.4 is 15.1 Å². The van der Waals surface area contributed by atoms with Crippen LogP contribution in [0, 0.1) is 0 Å². The fourth-order valence-corrected chi connectivity index (χ4v) is 3.52. The maximum absolute atomic E-state index is 12.9. The Morgan fingerprint density at radius 1 is 1.39 bits per heavy atom. The van der Waals surface area contributed by atoms with Gasteiger partial charge in [0.2, 0.25) is 0 Å². The molecule has 0 saturated carbocycles. The molecule has 1 N–H and O–H groups in total. The SMILES string of the molecule is CC12CCN(C1)c1ccc(Cl)nc1N2C(=O)Nc1cccnc1. The van der Waals surface area contributed by atoms with Gasteiger partial charge in [0.05, 0.1) is 23.1 Å². The third-order valence-electron chi connectivity index (χ3n) is 4.48. The maximum Gasteiger partial charge on any atom is 0.328 e. The highest BCUT2D eigenvalue weighted by Gasteiger charge is 2.48. The number of carbonyl (C=O) groups is 1. The van der Waals surface area contributed by atoms with Gasteiger partial charge in [-0.1, -0.05) is 11.6 Å². The van der Waals surface area contributed by atoms with E-state index in [9.17, 15) is 4.79 Å². The predicted molar refractivity (Wildman–Crippen MR) is 90.2 cm³/mol. The Kier molecular flexibility index (Phi) is 3.16. The molecule has 23 heavy (non-hydrogen) atoms. The summed E-state index contributed by atoms with van der Waals surface area (Å²) in [6, 6.07) is 7.08. The fraction of sp³-hybridized carbons (Fsp3) is 0.312. The molecular weight excluding hydrogens is 314 g/mol. The molecule has 0 aromatic carbocycles. The van der Waals surface area contributed by atoms with E-state index in [1.807, 2.05) is 12.1 Å². The molecule has 4 rings (SSSR count). The lowest BCUT2D eigenvalue weighted by Gasteiger charge is -2.42. The number of rotatable bonds is 1. The monoisotopic (exact) mass is 329 g/mol. The Bertz CT molecular complexity index is 768. The topological polar surface area (TPSA) is 61.4 Å². The van der Waals surface area contributed by atoms with Crippen LogP contribution in [-0.4, -0.2) is 34.6 Å². The van der Waals surface area contributed by atoms with E-state index in [0.29, 0.717) is 16.7 Å². The minimum atomic E-state index is -0.295. The van der Waals surface area contributed by atoms with Crippen LogP contribution in [0.4, 0.5) is 22.0 Å². The van der Waals surface area contributed by atoms with Crippen molar-refractivity contribution in [2.24, 2.45) is 0 Å². The van der Waals surface area contributed by atoms with Gasteiger partial charge < -0.3 is 10.2 Å². The van der Waals surface area contributed by atoms with Gasteiger partial charge in [-0.05, 0) is 37.6 Å². The van der Waals surface area contributed by atoms with Gasteiger partial charge in [0.1, 0.15) is 5.15 Å². The lowest BCUT2D eigenvalue weighted by molar-refractivity contribution is 0.250. The number of halogens is 1. The first-order valence-electron chi connectivity index (χ1n) is 7.50. The first kappa shape index (κ1) is 14.3. The molecule has 0 spiro atoms. The number of nitrogens with one attached hydrogen (secondary N) is 1. The molecule has 7 heteroatoms. The zero-order valence-electron chi connectivity index (χ0n) is 12.7. The molecule has 2 amide bonds. The highest BCUT2D eigenvalue weighted by atomic mass is 35.5. The van der Waals surface area contributed by atoms with E-state index < -0.39 is 0 Å². The summed E-state index contributed by atoms with van der Waals surface area (Å²) < 4.78 is 0. The number of urea groups is 1. The van der Waals surface area contributed by atoms with Crippen LogP contribution in [0.25, 0.3) is 0 Å². The summed E-state index contributed by atoms with van der Waals surface area (Å²) in [6.45, 7) is 3.79. The second-order valence-electron chi connectivity index (χ2n) is 6.15. The smallest absolute Gasteiger partial charge is 0.328 e. The number of carbonyl (C=O) groups excluding carboxylic acids is 1. The average Bonchev–Trinajstić information content (AvgIpc) is 2.86. The average molecular weight is 330 g/mol. The highest BCUT2D eigenvalue weighted by Crippen LogP contribution is 2.44. The van der Waals surface area contributed by atoms with Gasteiger partial charge in [-0.3, -0.25) is 9.88 Å². The van der Waals surface area contributed by atoms with E-state index >= 15 is 0 Å². The predicted octanol–water partition coefficient (Wildman–Crippen LogP) is 3.15. The van der Waals surface area contributed by atoms with Gasteiger partial charge in [-0.25, -0.2) is 9.78 Å². The van der Waals surface area contributed by atoms with Crippen molar-refractivity contribution in [3.8, 4) is 0 Å². The Hall–Kier alpha value is -2.34. The van der Waals surface area contributed by atoms with E-state index in [1.165, 1.54) is 0 Å². The zero-order valence-corrected chi connectivity index (χ0v) is 13.4. The van der Waals surface area contributed by atoms with E-state index in [0.717, 1.165) is 25.2 Å². The van der Waals surface area contributed by atoms with E-state index in [1.54, 1.807) is 29.4 Å². The maximum atomic E-state index is 12.9. The molecule has 2 bridgehead atoms. The molecule has 6 nitrogen and oxygen atoms in total. The number of amides is 2. The van der Waals surface area contributed by atoms with Crippen molar-refractivity contribution in [1.29, 1.82) is 0 Å². The number of fused-ring (bicyclic) bond motifs is 4. The van der Waals surface area contributed by atoms with Crippen molar-refractivity contribution in [2.45, 2.75) is 18.9 Å². The number of pyridine rings is 2. The van der Waals surface area contributed by atoms with Crippen molar-refractivity contribution in [3.63, 3.8) is 0 Å². The summed E-state index contributed by atoms with van der Waals surface area (Å²) in [5.41, 5.74) is 1.31. The Morgan fingerprint density at radius 3 is 3.04 bits per heavy atom. The summed E-state index contributed by atoms with van der Waals surface area (Å²) in [5, 5.41) is 3.29. The third kappa shape index (κ3) is 2.30. The van der Waals surface area contributed by atoms with Crippen LogP contribution in [0.5, 0.6) is 0 Å². The van der Waals surface area contributed by atoms with Crippen molar-refractivity contribution in [1.82, 2.24) is 9.97 Å². The molecule has 0 aliphatic carbocycles. The summed E-state index contributed by atoms with van der Waals surface area (Å²) in [7, 11) is 0. The second kappa shape index (κ2) is 5.09. The van der Waals surface area contributed by atoms with Gasteiger partial charge in [-0.2, -0.15) is 0 Å². The molecule has 1 atom stereocenters. The molecule has 0 radical (unpaired) electrons. The van der Waals surface area contributed by atoms with Gasteiger partial charge in [0.15, 0.2) is 5.82 Å². The van der Waals surface area contributed by atoms with Crippen LogP contribution >= 0.6 is 11.6 Å². The number of anilines is 3. The van der Waals surface area contributed by atoms with Gasteiger partial charge in [0.25, 0.3) is 0 Å². The number of hydrogen-bond donors (Lipinski definition) is 1. The fourth-order valence-electron chi connectivity index (χ4n) is 3.38. The lowest BCUT2D eigenvalue weighted by Crippen LogP contribution is -2.56. The van der Waals surface area contributed by atoms with E-state index in [2.05, 4.69) is 27.1 Å². The van der Waals surface area contributed by atoms with E-state index in [4.69, 9.17) is 11.6 Å². The standard InChI is InChI=1S/C16H16ClN5O/c1-16-6-8-21(10-16)12-4-5-13(17)20-14(12)22(16)15(23)19-11-3-2-7-18-9-11/h2-5,7,9H,6,8,10H2,1H3,(H,19,23). The molecule has 1 unspecified atom stereocenters.